The van der Waals surface area contributed by atoms with Crippen LogP contribution in [-0.2, 0) is 6.54 Å². The lowest BCUT2D eigenvalue weighted by atomic mass is 10.1. The van der Waals surface area contributed by atoms with Crippen LogP contribution in [0.25, 0.3) is 10.9 Å². The standard InChI is InChI=1S/C13H15ClN2/c14-11-3-4-12-10(8-15-13(12)7-11)9-16-5-1-2-6-16/h3-4,7-8,15H,1-2,5-6,9H2. The van der Waals surface area contributed by atoms with Crippen LogP contribution >= 0.6 is 11.6 Å². The number of H-pyrrole nitrogens is 1. The fraction of sp³-hybridized carbons (Fsp3) is 0.385. The van der Waals surface area contributed by atoms with Crippen molar-refractivity contribution in [2.75, 3.05) is 13.1 Å². The van der Waals surface area contributed by atoms with Crippen molar-refractivity contribution < 1.29 is 0 Å². The van der Waals surface area contributed by atoms with E-state index in [2.05, 4.69) is 22.1 Å². The predicted molar refractivity (Wildman–Crippen MR) is 67.8 cm³/mol. The lowest BCUT2D eigenvalue weighted by molar-refractivity contribution is 0.332. The monoisotopic (exact) mass is 234 g/mol. The molecule has 0 atom stereocenters. The van der Waals surface area contributed by atoms with Crippen molar-refractivity contribution in [1.29, 1.82) is 0 Å². The molecule has 0 unspecified atom stereocenters. The second kappa shape index (κ2) is 4.11. The Kier molecular flexibility index (Phi) is 2.62. The first-order valence-electron chi connectivity index (χ1n) is 5.81. The quantitative estimate of drug-likeness (QED) is 0.844. The molecule has 0 bridgehead atoms. The van der Waals surface area contributed by atoms with E-state index in [0.717, 1.165) is 17.1 Å². The lowest BCUT2D eigenvalue weighted by Gasteiger charge is -2.13. The van der Waals surface area contributed by atoms with Crippen molar-refractivity contribution in [3.63, 3.8) is 0 Å². The van der Waals surface area contributed by atoms with Gasteiger partial charge in [-0.2, -0.15) is 0 Å². The minimum absolute atomic E-state index is 0.794. The molecule has 0 radical (unpaired) electrons. The maximum Gasteiger partial charge on any atom is 0.0472 e. The van der Waals surface area contributed by atoms with Gasteiger partial charge in [0.05, 0.1) is 0 Å². The highest BCUT2D eigenvalue weighted by molar-refractivity contribution is 6.31. The fourth-order valence-corrected chi connectivity index (χ4v) is 2.64. The number of rotatable bonds is 2. The SMILES string of the molecule is Clc1ccc2c(CN3CCCC3)c[nH]c2c1. The summed E-state index contributed by atoms with van der Waals surface area (Å²) < 4.78 is 0. The van der Waals surface area contributed by atoms with E-state index >= 15 is 0 Å². The van der Waals surface area contributed by atoms with Crippen LogP contribution in [0.2, 0.25) is 5.02 Å². The van der Waals surface area contributed by atoms with Gasteiger partial charge in [-0.15, -0.1) is 0 Å². The molecule has 16 heavy (non-hydrogen) atoms. The van der Waals surface area contributed by atoms with Crippen LogP contribution in [0.5, 0.6) is 0 Å². The van der Waals surface area contributed by atoms with E-state index in [1.807, 2.05) is 12.1 Å². The second-order valence-corrected chi connectivity index (χ2v) is 4.92. The number of nitrogens with one attached hydrogen (secondary N) is 1. The molecule has 1 aromatic heterocycles. The zero-order chi connectivity index (χ0) is 11.0. The van der Waals surface area contributed by atoms with Gasteiger partial charge in [-0.1, -0.05) is 17.7 Å². The lowest BCUT2D eigenvalue weighted by Crippen LogP contribution is -2.17. The molecule has 2 nitrogen and oxygen atoms in total. The van der Waals surface area contributed by atoms with E-state index in [1.54, 1.807) is 0 Å². The van der Waals surface area contributed by atoms with Gasteiger partial charge in [0.2, 0.25) is 0 Å². The zero-order valence-electron chi connectivity index (χ0n) is 9.17. The van der Waals surface area contributed by atoms with Crippen molar-refractivity contribution in [3.8, 4) is 0 Å². The molecule has 3 heteroatoms. The Labute approximate surface area is 100 Å². The third kappa shape index (κ3) is 1.83. The Hall–Kier alpha value is -0.990. The van der Waals surface area contributed by atoms with Crippen molar-refractivity contribution in [2.24, 2.45) is 0 Å². The number of likely N-dealkylation sites (tertiary alicyclic amines) is 1. The van der Waals surface area contributed by atoms with Crippen molar-refractivity contribution in [3.05, 3.63) is 35.0 Å². The van der Waals surface area contributed by atoms with E-state index in [1.165, 1.54) is 36.9 Å². The molecule has 1 aliphatic rings. The van der Waals surface area contributed by atoms with Crippen LogP contribution in [0, 0.1) is 0 Å². The number of halogens is 1. The number of hydrogen-bond acceptors (Lipinski definition) is 1. The minimum atomic E-state index is 0.794. The molecule has 1 saturated heterocycles. The van der Waals surface area contributed by atoms with Gasteiger partial charge in [0.25, 0.3) is 0 Å². The average Bonchev–Trinajstić information content (AvgIpc) is 2.89. The highest BCUT2D eigenvalue weighted by Gasteiger charge is 2.13. The maximum atomic E-state index is 5.97. The molecule has 0 amide bonds. The van der Waals surface area contributed by atoms with E-state index < -0.39 is 0 Å². The molecule has 1 N–H and O–H groups in total. The summed E-state index contributed by atoms with van der Waals surface area (Å²) in [5.74, 6) is 0. The summed E-state index contributed by atoms with van der Waals surface area (Å²) in [7, 11) is 0. The largest absolute Gasteiger partial charge is 0.361 e. The van der Waals surface area contributed by atoms with Gasteiger partial charge in [0.15, 0.2) is 0 Å². The van der Waals surface area contributed by atoms with E-state index in [4.69, 9.17) is 11.6 Å². The van der Waals surface area contributed by atoms with E-state index in [9.17, 15) is 0 Å². The number of hydrogen-bond donors (Lipinski definition) is 1. The Morgan fingerprint density at radius 3 is 2.88 bits per heavy atom. The van der Waals surface area contributed by atoms with Crippen LogP contribution in [0.1, 0.15) is 18.4 Å². The molecule has 3 rings (SSSR count). The molecular formula is C13H15ClN2. The molecule has 1 fully saturated rings. The molecule has 84 valence electrons. The third-order valence-corrected chi connectivity index (χ3v) is 3.56. The molecule has 1 aromatic carbocycles. The van der Waals surface area contributed by atoms with Crippen LogP contribution < -0.4 is 0 Å². The van der Waals surface area contributed by atoms with E-state index in [-0.39, 0.29) is 0 Å². The highest BCUT2D eigenvalue weighted by atomic mass is 35.5. The smallest absolute Gasteiger partial charge is 0.0472 e. The average molecular weight is 235 g/mol. The van der Waals surface area contributed by atoms with Gasteiger partial charge >= 0.3 is 0 Å². The fourth-order valence-electron chi connectivity index (χ4n) is 2.47. The minimum Gasteiger partial charge on any atom is -0.361 e. The number of fused-ring (bicyclic) bond motifs is 1. The summed E-state index contributed by atoms with van der Waals surface area (Å²) in [5, 5.41) is 2.10. The van der Waals surface area contributed by atoms with Crippen LogP contribution in [0.4, 0.5) is 0 Å². The molecular weight excluding hydrogens is 220 g/mol. The van der Waals surface area contributed by atoms with Crippen LogP contribution in [0.15, 0.2) is 24.4 Å². The van der Waals surface area contributed by atoms with Gasteiger partial charge in [-0.05, 0) is 43.6 Å². The van der Waals surface area contributed by atoms with Crippen LogP contribution in [0.3, 0.4) is 0 Å². The Morgan fingerprint density at radius 2 is 2.06 bits per heavy atom. The van der Waals surface area contributed by atoms with Gasteiger partial charge in [-0.25, -0.2) is 0 Å². The summed E-state index contributed by atoms with van der Waals surface area (Å²) >= 11 is 5.97. The van der Waals surface area contributed by atoms with Gasteiger partial charge in [-0.3, -0.25) is 4.90 Å². The third-order valence-electron chi connectivity index (χ3n) is 3.32. The molecule has 2 aromatic rings. The van der Waals surface area contributed by atoms with E-state index in [0.29, 0.717) is 0 Å². The van der Waals surface area contributed by atoms with Crippen LogP contribution in [-0.4, -0.2) is 23.0 Å². The normalized spacial score (nSPS) is 17.3. The molecule has 0 saturated carbocycles. The summed E-state index contributed by atoms with van der Waals surface area (Å²) in [4.78, 5) is 5.80. The second-order valence-electron chi connectivity index (χ2n) is 4.49. The van der Waals surface area contributed by atoms with Gasteiger partial charge in [0, 0.05) is 28.7 Å². The number of aromatic amines is 1. The summed E-state index contributed by atoms with van der Waals surface area (Å²) in [6, 6.07) is 6.06. The van der Waals surface area contributed by atoms with Crippen molar-refractivity contribution in [1.82, 2.24) is 9.88 Å². The summed E-state index contributed by atoms with van der Waals surface area (Å²) in [6.45, 7) is 3.53. The predicted octanol–water partition coefficient (Wildman–Crippen LogP) is 3.42. The first-order chi connectivity index (χ1) is 7.83. The molecule has 2 heterocycles. The molecule has 0 spiro atoms. The van der Waals surface area contributed by atoms with Gasteiger partial charge < -0.3 is 4.98 Å². The number of nitrogens with zero attached hydrogens (tertiary/aromatic N) is 1. The van der Waals surface area contributed by atoms with Crippen molar-refractivity contribution >= 4 is 22.5 Å². The zero-order valence-corrected chi connectivity index (χ0v) is 9.93. The molecule has 0 aliphatic carbocycles. The maximum absolute atomic E-state index is 5.97. The number of aromatic nitrogens is 1. The van der Waals surface area contributed by atoms with Gasteiger partial charge in [0.1, 0.15) is 0 Å². The molecule has 1 aliphatic heterocycles. The first kappa shape index (κ1) is 10.2. The van der Waals surface area contributed by atoms with Crippen molar-refractivity contribution in [2.45, 2.75) is 19.4 Å². The number of benzene rings is 1. The summed E-state index contributed by atoms with van der Waals surface area (Å²) in [6.07, 6.45) is 4.79. The Morgan fingerprint density at radius 1 is 1.25 bits per heavy atom. The Bertz CT molecular complexity index is 498. The first-order valence-corrected chi connectivity index (χ1v) is 6.18. The highest BCUT2D eigenvalue weighted by Crippen LogP contribution is 2.24. The summed E-state index contributed by atoms with van der Waals surface area (Å²) in [5.41, 5.74) is 2.52. The topological polar surface area (TPSA) is 19.0 Å². The Balaban J connectivity index is 1.91.